The molecular weight excluding hydrogens is 266 g/mol. The van der Waals surface area contributed by atoms with E-state index in [-0.39, 0.29) is 11.9 Å². The van der Waals surface area contributed by atoms with Crippen molar-refractivity contribution in [2.75, 3.05) is 32.8 Å². The fraction of sp³-hybridized carbons (Fsp3) is 0.500. The van der Waals surface area contributed by atoms with Crippen molar-refractivity contribution < 1.29 is 0 Å². The third kappa shape index (κ3) is 5.39. The predicted octanol–water partition coefficient (Wildman–Crippen LogP) is -0.318. The summed E-state index contributed by atoms with van der Waals surface area (Å²) >= 11 is 0. The Bertz CT molecular complexity index is 466. The number of nitrogens with one attached hydrogen (secondary N) is 1. The van der Waals surface area contributed by atoms with Gasteiger partial charge in [-0.15, -0.1) is 0 Å². The molecule has 0 amide bonds. The molecule has 1 fully saturated rings. The molecule has 0 spiro atoms. The largest absolute Gasteiger partial charge is 0.370 e. The molecular formula is C14H23N7. The maximum atomic E-state index is 5.28. The first-order valence-corrected chi connectivity index (χ1v) is 7.20. The summed E-state index contributed by atoms with van der Waals surface area (Å²) in [5, 5.41) is 9.75. The average Bonchev–Trinajstić information content (AvgIpc) is 2.99. The van der Waals surface area contributed by atoms with Gasteiger partial charge in [-0.1, -0.05) is 18.2 Å². The van der Waals surface area contributed by atoms with E-state index in [1.165, 1.54) is 0 Å². The molecule has 0 aromatic heterocycles. The van der Waals surface area contributed by atoms with Gasteiger partial charge in [0.05, 0.1) is 19.1 Å². The number of allylic oxidation sites excluding steroid dienone is 4. The molecule has 7 heteroatoms. The summed E-state index contributed by atoms with van der Waals surface area (Å²) in [5.41, 5.74) is 11.6. The molecule has 0 saturated carbocycles. The van der Waals surface area contributed by atoms with E-state index in [1.54, 1.807) is 0 Å². The Balaban J connectivity index is 1.85. The van der Waals surface area contributed by atoms with Crippen LogP contribution >= 0.6 is 0 Å². The first-order chi connectivity index (χ1) is 10.3. The molecule has 0 bridgehead atoms. The molecule has 2 aliphatic rings. The van der Waals surface area contributed by atoms with Gasteiger partial charge in [-0.25, -0.2) is 0 Å². The normalized spacial score (nSPS) is 23.3. The van der Waals surface area contributed by atoms with Gasteiger partial charge >= 0.3 is 0 Å². The predicted molar refractivity (Wildman–Crippen MR) is 87.4 cm³/mol. The standard InChI is InChI=1S/C14H23N7/c15-14(16)19-7-3-6-18-13-5-2-1-4-12(13)10-20-21-9-8-17-11-21/h1-2,4-5,10,12,17H,3,6-9,11H2,(H4,15,16,19). The highest BCUT2D eigenvalue weighted by atomic mass is 15.5. The lowest BCUT2D eigenvalue weighted by Crippen LogP contribution is -2.23. The van der Waals surface area contributed by atoms with Crippen LogP contribution in [0, 0.1) is 5.92 Å². The number of rotatable bonds is 6. The monoisotopic (exact) mass is 289 g/mol. The lowest BCUT2D eigenvalue weighted by Gasteiger charge is -2.14. The van der Waals surface area contributed by atoms with E-state index < -0.39 is 0 Å². The number of hydrogen-bond donors (Lipinski definition) is 3. The summed E-state index contributed by atoms with van der Waals surface area (Å²) in [7, 11) is 0. The van der Waals surface area contributed by atoms with Gasteiger partial charge in [0.1, 0.15) is 0 Å². The minimum absolute atomic E-state index is 0.132. The Morgan fingerprint density at radius 2 is 2.29 bits per heavy atom. The van der Waals surface area contributed by atoms with E-state index >= 15 is 0 Å². The van der Waals surface area contributed by atoms with Crippen LogP contribution < -0.4 is 16.8 Å². The van der Waals surface area contributed by atoms with E-state index in [1.807, 2.05) is 29.5 Å². The van der Waals surface area contributed by atoms with Gasteiger partial charge in [0.15, 0.2) is 5.96 Å². The van der Waals surface area contributed by atoms with Gasteiger partial charge in [-0.2, -0.15) is 5.10 Å². The zero-order valence-electron chi connectivity index (χ0n) is 12.2. The van der Waals surface area contributed by atoms with E-state index in [0.717, 1.165) is 31.9 Å². The number of hydrogen-bond acceptors (Lipinski definition) is 5. The highest BCUT2D eigenvalue weighted by Gasteiger charge is 2.12. The molecule has 1 unspecified atom stereocenters. The molecule has 1 heterocycles. The van der Waals surface area contributed by atoms with E-state index in [2.05, 4.69) is 26.5 Å². The molecule has 1 atom stereocenters. The van der Waals surface area contributed by atoms with Gasteiger partial charge in [0, 0.05) is 31.6 Å². The molecule has 1 aliphatic heterocycles. The number of nitrogens with two attached hydrogens (primary N) is 2. The quantitative estimate of drug-likeness (QED) is 0.354. The Kier molecular flexibility index (Phi) is 5.96. The number of hydrazone groups is 1. The molecule has 2 rings (SSSR count). The topological polar surface area (TPSA) is 104 Å². The van der Waals surface area contributed by atoms with E-state index in [0.29, 0.717) is 13.1 Å². The van der Waals surface area contributed by atoms with Crippen molar-refractivity contribution in [1.29, 1.82) is 0 Å². The molecule has 114 valence electrons. The summed E-state index contributed by atoms with van der Waals surface area (Å²) in [6.07, 6.45) is 10.9. The average molecular weight is 289 g/mol. The zero-order valence-corrected chi connectivity index (χ0v) is 12.2. The van der Waals surface area contributed by atoms with Crippen LogP contribution in [-0.4, -0.2) is 55.7 Å². The minimum atomic E-state index is 0.132. The van der Waals surface area contributed by atoms with Crippen LogP contribution in [0.4, 0.5) is 0 Å². The molecule has 0 aromatic rings. The first kappa shape index (κ1) is 15.2. The van der Waals surface area contributed by atoms with Crippen molar-refractivity contribution in [3.8, 4) is 0 Å². The Morgan fingerprint density at radius 1 is 1.38 bits per heavy atom. The Hall–Kier alpha value is -2.15. The van der Waals surface area contributed by atoms with Crippen molar-refractivity contribution in [3.05, 3.63) is 24.3 Å². The highest BCUT2D eigenvalue weighted by Crippen LogP contribution is 2.09. The summed E-state index contributed by atoms with van der Waals surface area (Å²) < 4.78 is 0. The van der Waals surface area contributed by atoms with Crippen LogP contribution in [0.1, 0.15) is 6.42 Å². The SMILES string of the molecule is NC(N)=NCCCN=C1C=CC=CC1C=NN1CCNC1. The summed E-state index contributed by atoms with van der Waals surface area (Å²) in [5.74, 6) is 0.270. The van der Waals surface area contributed by atoms with Gasteiger partial charge < -0.3 is 11.5 Å². The van der Waals surface area contributed by atoms with Crippen LogP contribution in [-0.2, 0) is 0 Å². The number of guanidine groups is 1. The van der Waals surface area contributed by atoms with Crippen LogP contribution in [0.3, 0.4) is 0 Å². The molecule has 0 aromatic carbocycles. The fourth-order valence-corrected chi connectivity index (χ4v) is 2.08. The molecule has 1 aliphatic carbocycles. The van der Waals surface area contributed by atoms with Gasteiger partial charge in [0.25, 0.3) is 0 Å². The second-order valence-electron chi connectivity index (χ2n) is 4.89. The lowest BCUT2D eigenvalue weighted by atomic mass is 10.00. The van der Waals surface area contributed by atoms with Crippen molar-refractivity contribution in [2.45, 2.75) is 6.42 Å². The van der Waals surface area contributed by atoms with E-state index in [9.17, 15) is 0 Å². The minimum Gasteiger partial charge on any atom is -0.370 e. The molecule has 1 saturated heterocycles. The molecule has 5 N–H and O–H groups in total. The van der Waals surface area contributed by atoms with Crippen molar-refractivity contribution in [2.24, 2.45) is 32.5 Å². The fourth-order valence-electron chi connectivity index (χ4n) is 2.08. The van der Waals surface area contributed by atoms with Gasteiger partial charge in [-0.3, -0.25) is 20.3 Å². The Labute approximate surface area is 125 Å². The lowest BCUT2D eigenvalue weighted by molar-refractivity contribution is 0.356. The Morgan fingerprint density at radius 3 is 3.05 bits per heavy atom. The zero-order chi connectivity index (χ0) is 14.9. The summed E-state index contributed by atoms with van der Waals surface area (Å²) in [6, 6.07) is 0. The van der Waals surface area contributed by atoms with Crippen LogP contribution in [0.25, 0.3) is 0 Å². The second-order valence-corrected chi connectivity index (χ2v) is 4.89. The number of aliphatic imine (C=N–C) groups is 2. The first-order valence-electron chi connectivity index (χ1n) is 7.20. The van der Waals surface area contributed by atoms with Crippen LogP contribution in [0.2, 0.25) is 0 Å². The van der Waals surface area contributed by atoms with Crippen LogP contribution in [0.15, 0.2) is 39.4 Å². The maximum absolute atomic E-state index is 5.28. The summed E-state index contributed by atoms with van der Waals surface area (Å²) in [6.45, 7) is 4.07. The highest BCUT2D eigenvalue weighted by molar-refractivity contribution is 6.08. The molecule has 0 radical (unpaired) electrons. The van der Waals surface area contributed by atoms with Crippen molar-refractivity contribution in [3.63, 3.8) is 0 Å². The van der Waals surface area contributed by atoms with Gasteiger partial charge in [0.2, 0.25) is 0 Å². The van der Waals surface area contributed by atoms with Crippen LogP contribution in [0.5, 0.6) is 0 Å². The third-order valence-electron chi connectivity index (χ3n) is 3.17. The van der Waals surface area contributed by atoms with Crippen molar-refractivity contribution in [1.82, 2.24) is 10.3 Å². The molecule has 21 heavy (non-hydrogen) atoms. The smallest absolute Gasteiger partial charge is 0.185 e. The third-order valence-corrected chi connectivity index (χ3v) is 3.17. The summed E-state index contributed by atoms with van der Waals surface area (Å²) in [4.78, 5) is 8.55. The maximum Gasteiger partial charge on any atom is 0.185 e. The van der Waals surface area contributed by atoms with Gasteiger partial charge in [-0.05, 0) is 12.5 Å². The van der Waals surface area contributed by atoms with Crippen molar-refractivity contribution >= 4 is 17.9 Å². The second kappa shape index (κ2) is 8.21. The molecule has 7 nitrogen and oxygen atoms in total. The van der Waals surface area contributed by atoms with E-state index in [4.69, 9.17) is 11.5 Å². The number of nitrogens with zero attached hydrogens (tertiary/aromatic N) is 4.